The molecular weight excluding hydrogens is 288 g/mol. The lowest BCUT2D eigenvalue weighted by Crippen LogP contribution is -2.31. The van der Waals surface area contributed by atoms with Gasteiger partial charge in [-0.2, -0.15) is 0 Å². The molecular formula is C19H18N2O2. The molecule has 23 heavy (non-hydrogen) atoms. The van der Waals surface area contributed by atoms with E-state index < -0.39 is 0 Å². The molecule has 3 aromatic carbocycles. The number of phenolic OH excluding ortho intramolecular Hbond substituents is 1. The number of aryl methyl sites for hydroxylation is 1. The van der Waals surface area contributed by atoms with Gasteiger partial charge in [0, 0.05) is 18.1 Å². The number of urea groups is 1. The Hall–Kier alpha value is -3.01. The average molecular weight is 306 g/mol. The number of fused-ring (bicyclic) bond motifs is 1. The van der Waals surface area contributed by atoms with E-state index in [1.54, 1.807) is 24.1 Å². The van der Waals surface area contributed by atoms with Gasteiger partial charge in [0.25, 0.3) is 0 Å². The van der Waals surface area contributed by atoms with Crippen LogP contribution in [0.5, 0.6) is 5.75 Å². The van der Waals surface area contributed by atoms with E-state index in [9.17, 15) is 9.90 Å². The van der Waals surface area contributed by atoms with Crippen molar-refractivity contribution in [2.24, 2.45) is 0 Å². The number of amides is 2. The SMILES string of the molecule is Cc1ccccc1N(C)C(=O)Nc1cccc2ccc(O)cc12. The average Bonchev–Trinajstić information content (AvgIpc) is 2.55. The van der Waals surface area contributed by atoms with Crippen molar-refractivity contribution >= 4 is 28.2 Å². The maximum atomic E-state index is 12.5. The number of anilines is 2. The molecule has 116 valence electrons. The monoisotopic (exact) mass is 306 g/mol. The molecule has 0 aliphatic heterocycles. The Morgan fingerprint density at radius 3 is 2.61 bits per heavy atom. The zero-order valence-corrected chi connectivity index (χ0v) is 13.1. The highest BCUT2D eigenvalue weighted by molar-refractivity contribution is 6.07. The Balaban J connectivity index is 1.91. The van der Waals surface area contributed by atoms with Crippen molar-refractivity contribution in [2.45, 2.75) is 6.92 Å². The highest BCUT2D eigenvalue weighted by Crippen LogP contribution is 2.27. The molecule has 0 fully saturated rings. The Bertz CT molecular complexity index is 874. The van der Waals surface area contributed by atoms with Gasteiger partial charge in [-0.3, -0.25) is 4.90 Å². The predicted octanol–water partition coefficient (Wildman–Crippen LogP) is 4.52. The highest BCUT2D eigenvalue weighted by Gasteiger charge is 2.14. The van der Waals surface area contributed by atoms with Gasteiger partial charge in [0.05, 0.1) is 5.69 Å². The van der Waals surface area contributed by atoms with Crippen molar-refractivity contribution in [3.05, 3.63) is 66.2 Å². The maximum Gasteiger partial charge on any atom is 0.326 e. The first-order valence-corrected chi connectivity index (χ1v) is 7.38. The molecule has 0 saturated carbocycles. The van der Waals surface area contributed by atoms with Gasteiger partial charge < -0.3 is 10.4 Å². The van der Waals surface area contributed by atoms with Gasteiger partial charge >= 0.3 is 6.03 Å². The molecule has 3 rings (SSSR count). The summed E-state index contributed by atoms with van der Waals surface area (Å²) in [5.74, 6) is 0.173. The second kappa shape index (κ2) is 6.01. The van der Waals surface area contributed by atoms with Crippen molar-refractivity contribution in [2.75, 3.05) is 17.3 Å². The first-order chi connectivity index (χ1) is 11.1. The standard InChI is InChI=1S/C19H18N2O2/c1-13-6-3-4-9-18(13)21(2)19(23)20-17-8-5-7-14-10-11-15(22)12-16(14)17/h3-12,22H,1-2H3,(H,20,23). The number of hydrogen-bond donors (Lipinski definition) is 2. The van der Waals surface area contributed by atoms with E-state index in [1.807, 2.05) is 55.5 Å². The quantitative estimate of drug-likeness (QED) is 0.731. The molecule has 0 bridgehead atoms. The van der Waals surface area contributed by atoms with Crippen molar-refractivity contribution < 1.29 is 9.90 Å². The smallest absolute Gasteiger partial charge is 0.326 e. The Morgan fingerprint density at radius 2 is 1.83 bits per heavy atom. The van der Waals surface area contributed by atoms with Crippen LogP contribution in [0.1, 0.15) is 5.56 Å². The number of nitrogens with zero attached hydrogens (tertiary/aromatic N) is 1. The van der Waals surface area contributed by atoms with Gasteiger partial charge in [0.1, 0.15) is 5.75 Å². The molecule has 4 heteroatoms. The molecule has 2 N–H and O–H groups in total. The molecule has 2 amide bonds. The third kappa shape index (κ3) is 2.97. The number of carbonyl (C=O) groups excluding carboxylic acids is 1. The van der Waals surface area contributed by atoms with E-state index in [4.69, 9.17) is 0 Å². The Morgan fingerprint density at radius 1 is 1.04 bits per heavy atom. The number of aromatic hydroxyl groups is 1. The summed E-state index contributed by atoms with van der Waals surface area (Å²) >= 11 is 0. The van der Waals surface area contributed by atoms with Gasteiger partial charge in [0.2, 0.25) is 0 Å². The number of phenols is 1. The van der Waals surface area contributed by atoms with Crippen LogP contribution in [0.25, 0.3) is 10.8 Å². The second-order valence-corrected chi connectivity index (χ2v) is 5.49. The topological polar surface area (TPSA) is 52.6 Å². The van der Waals surface area contributed by atoms with Gasteiger partial charge in [-0.15, -0.1) is 0 Å². The van der Waals surface area contributed by atoms with Crippen LogP contribution < -0.4 is 10.2 Å². The minimum Gasteiger partial charge on any atom is -0.508 e. The number of nitrogens with one attached hydrogen (secondary N) is 1. The van der Waals surface area contributed by atoms with Crippen LogP contribution in [0.15, 0.2) is 60.7 Å². The molecule has 3 aromatic rings. The van der Waals surface area contributed by atoms with Crippen LogP contribution in [0.2, 0.25) is 0 Å². The van der Waals surface area contributed by atoms with Crippen molar-refractivity contribution in [1.29, 1.82) is 0 Å². The number of hydrogen-bond acceptors (Lipinski definition) is 2. The van der Waals surface area contributed by atoms with Crippen molar-refractivity contribution in [1.82, 2.24) is 0 Å². The molecule has 4 nitrogen and oxygen atoms in total. The molecule has 0 radical (unpaired) electrons. The molecule has 0 aliphatic rings. The number of carbonyl (C=O) groups is 1. The fourth-order valence-corrected chi connectivity index (χ4v) is 2.62. The van der Waals surface area contributed by atoms with E-state index in [-0.39, 0.29) is 11.8 Å². The van der Waals surface area contributed by atoms with E-state index in [0.29, 0.717) is 5.69 Å². The minimum absolute atomic E-state index is 0.173. The van der Waals surface area contributed by atoms with Crippen LogP contribution >= 0.6 is 0 Å². The molecule has 0 saturated heterocycles. The largest absolute Gasteiger partial charge is 0.508 e. The highest BCUT2D eigenvalue weighted by atomic mass is 16.3. The Kier molecular flexibility index (Phi) is 3.89. The van der Waals surface area contributed by atoms with Gasteiger partial charge in [-0.25, -0.2) is 4.79 Å². The van der Waals surface area contributed by atoms with Gasteiger partial charge in [-0.1, -0.05) is 36.4 Å². The summed E-state index contributed by atoms with van der Waals surface area (Å²) in [7, 11) is 1.74. The fourth-order valence-electron chi connectivity index (χ4n) is 2.62. The molecule has 0 heterocycles. The van der Waals surface area contributed by atoms with Crippen LogP contribution in [-0.2, 0) is 0 Å². The summed E-state index contributed by atoms with van der Waals surface area (Å²) < 4.78 is 0. The summed E-state index contributed by atoms with van der Waals surface area (Å²) in [5, 5.41) is 14.4. The van der Waals surface area contributed by atoms with Gasteiger partial charge in [-0.05, 0) is 42.1 Å². The van der Waals surface area contributed by atoms with E-state index in [0.717, 1.165) is 22.0 Å². The third-order valence-corrected chi connectivity index (χ3v) is 3.89. The molecule has 0 unspecified atom stereocenters. The molecule has 0 atom stereocenters. The third-order valence-electron chi connectivity index (χ3n) is 3.89. The molecule has 0 spiro atoms. The first-order valence-electron chi connectivity index (χ1n) is 7.38. The predicted molar refractivity (Wildman–Crippen MR) is 94.2 cm³/mol. The molecule has 0 aliphatic carbocycles. The van der Waals surface area contributed by atoms with Crippen LogP contribution in [0, 0.1) is 6.92 Å². The lowest BCUT2D eigenvalue weighted by Gasteiger charge is -2.20. The number of para-hydroxylation sites is 1. The van der Waals surface area contributed by atoms with E-state index in [2.05, 4.69) is 5.32 Å². The van der Waals surface area contributed by atoms with Crippen LogP contribution in [-0.4, -0.2) is 18.2 Å². The van der Waals surface area contributed by atoms with Crippen LogP contribution in [0.3, 0.4) is 0 Å². The number of rotatable bonds is 2. The summed E-state index contributed by atoms with van der Waals surface area (Å²) in [6.07, 6.45) is 0. The normalized spacial score (nSPS) is 10.5. The second-order valence-electron chi connectivity index (χ2n) is 5.49. The lowest BCUT2D eigenvalue weighted by molar-refractivity contribution is 0.258. The summed E-state index contributed by atoms with van der Waals surface area (Å²) in [6.45, 7) is 1.97. The lowest BCUT2D eigenvalue weighted by atomic mass is 10.1. The summed E-state index contributed by atoms with van der Waals surface area (Å²) in [4.78, 5) is 14.1. The van der Waals surface area contributed by atoms with Gasteiger partial charge in [0.15, 0.2) is 0 Å². The number of benzene rings is 3. The maximum absolute atomic E-state index is 12.5. The summed E-state index contributed by atoms with van der Waals surface area (Å²) in [6, 6.07) is 18.2. The van der Waals surface area contributed by atoms with E-state index >= 15 is 0 Å². The fraction of sp³-hybridized carbons (Fsp3) is 0.105. The molecule has 0 aromatic heterocycles. The zero-order valence-electron chi connectivity index (χ0n) is 13.1. The van der Waals surface area contributed by atoms with Crippen molar-refractivity contribution in [3.8, 4) is 5.75 Å². The Labute approximate surface area is 135 Å². The van der Waals surface area contributed by atoms with E-state index in [1.165, 1.54) is 0 Å². The van der Waals surface area contributed by atoms with Crippen molar-refractivity contribution in [3.63, 3.8) is 0 Å². The van der Waals surface area contributed by atoms with Crippen LogP contribution in [0.4, 0.5) is 16.2 Å². The first kappa shape index (κ1) is 14.9. The summed E-state index contributed by atoms with van der Waals surface area (Å²) in [5.41, 5.74) is 2.55. The minimum atomic E-state index is -0.227. The zero-order chi connectivity index (χ0) is 16.4.